The van der Waals surface area contributed by atoms with Crippen molar-refractivity contribution >= 4 is 15.9 Å². The second-order valence-corrected chi connectivity index (χ2v) is 8.77. The van der Waals surface area contributed by atoms with Gasteiger partial charge in [0.15, 0.2) is 0 Å². The van der Waals surface area contributed by atoms with Crippen molar-refractivity contribution in [2.75, 3.05) is 45.8 Å². The van der Waals surface area contributed by atoms with Gasteiger partial charge in [0.2, 0.25) is 15.9 Å². The van der Waals surface area contributed by atoms with Gasteiger partial charge in [-0.15, -0.1) is 0 Å². The van der Waals surface area contributed by atoms with E-state index in [4.69, 9.17) is 0 Å². The molecule has 26 heavy (non-hydrogen) atoms. The van der Waals surface area contributed by atoms with Crippen LogP contribution in [0.2, 0.25) is 0 Å². The molecule has 1 aromatic rings. The topological polar surface area (TPSA) is 60.9 Å². The molecule has 1 fully saturated rings. The lowest BCUT2D eigenvalue weighted by molar-refractivity contribution is -0.133. The normalized spacial score (nSPS) is 16.2. The fourth-order valence-corrected chi connectivity index (χ4v) is 4.80. The maximum atomic E-state index is 12.6. The van der Waals surface area contributed by atoms with Crippen molar-refractivity contribution in [2.24, 2.45) is 0 Å². The number of carbonyl (C=O) groups is 1. The minimum Gasteiger partial charge on any atom is -0.339 e. The first kappa shape index (κ1) is 20.9. The van der Waals surface area contributed by atoms with Crippen LogP contribution in [0.25, 0.3) is 0 Å². The molecule has 1 aromatic carbocycles. The Morgan fingerprint density at radius 2 is 1.58 bits per heavy atom. The molecular weight excluding hydrogens is 350 g/mol. The Labute approximate surface area is 157 Å². The third kappa shape index (κ3) is 6.07. The Hall–Kier alpha value is -1.44. The van der Waals surface area contributed by atoms with Crippen LogP contribution in [0.4, 0.5) is 0 Å². The Morgan fingerprint density at radius 1 is 1.00 bits per heavy atom. The zero-order chi connectivity index (χ0) is 19.0. The van der Waals surface area contributed by atoms with Crippen molar-refractivity contribution in [1.82, 2.24) is 14.1 Å². The molecule has 0 atom stereocenters. The highest BCUT2D eigenvalue weighted by Gasteiger charge is 2.29. The lowest BCUT2D eigenvalue weighted by atomic mass is 10.2. The predicted molar refractivity (Wildman–Crippen MR) is 104 cm³/mol. The minimum absolute atomic E-state index is 0.0164. The number of amides is 1. The van der Waals surface area contributed by atoms with E-state index in [0.29, 0.717) is 32.7 Å². The highest BCUT2D eigenvalue weighted by molar-refractivity contribution is 7.88. The first-order valence-electron chi connectivity index (χ1n) is 9.48. The van der Waals surface area contributed by atoms with Gasteiger partial charge in [-0.1, -0.05) is 44.2 Å². The van der Waals surface area contributed by atoms with E-state index >= 15 is 0 Å². The molecule has 1 aliphatic heterocycles. The molecule has 0 bridgehead atoms. The van der Waals surface area contributed by atoms with E-state index in [1.54, 1.807) is 4.90 Å². The number of rotatable bonds is 9. The second-order valence-electron chi connectivity index (χ2n) is 6.80. The van der Waals surface area contributed by atoms with E-state index in [0.717, 1.165) is 31.5 Å². The average molecular weight is 382 g/mol. The van der Waals surface area contributed by atoms with Crippen molar-refractivity contribution in [3.63, 3.8) is 0 Å². The van der Waals surface area contributed by atoms with Crippen LogP contribution in [0.15, 0.2) is 30.3 Å². The number of hydrogen-bond acceptors (Lipinski definition) is 4. The molecule has 0 aliphatic carbocycles. The highest BCUT2D eigenvalue weighted by atomic mass is 32.2. The Bertz CT molecular complexity index is 650. The summed E-state index contributed by atoms with van der Waals surface area (Å²) in [5.74, 6) is 0.120. The number of benzene rings is 1. The standard InChI is InChI=1S/C19H31N3O3S/c1-3-10-20(11-4-2)16-19(23)21-12-14-22(15-13-21)26(24,25)17-18-8-6-5-7-9-18/h5-9H,3-4,10-17H2,1-2H3. The monoisotopic (exact) mass is 381 g/mol. The van der Waals surface area contributed by atoms with E-state index in [2.05, 4.69) is 18.7 Å². The Morgan fingerprint density at radius 3 is 2.12 bits per heavy atom. The van der Waals surface area contributed by atoms with Gasteiger partial charge in [-0.25, -0.2) is 8.42 Å². The van der Waals surface area contributed by atoms with Crippen molar-refractivity contribution in [2.45, 2.75) is 32.4 Å². The molecule has 0 N–H and O–H groups in total. The summed E-state index contributed by atoms with van der Waals surface area (Å²) < 4.78 is 26.7. The zero-order valence-corrected chi connectivity index (χ0v) is 16.7. The maximum absolute atomic E-state index is 12.6. The summed E-state index contributed by atoms with van der Waals surface area (Å²) in [5, 5.41) is 0. The van der Waals surface area contributed by atoms with E-state index in [9.17, 15) is 13.2 Å². The number of carbonyl (C=O) groups excluding carboxylic acids is 1. The van der Waals surface area contributed by atoms with Gasteiger partial charge in [-0.05, 0) is 31.5 Å². The van der Waals surface area contributed by atoms with Crippen molar-refractivity contribution in [1.29, 1.82) is 0 Å². The minimum atomic E-state index is -3.34. The zero-order valence-electron chi connectivity index (χ0n) is 15.9. The summed E-state index contributed by atoms with van der Waals surface area (Å²) in [6, 6.07) is 9.22. The third-order valence-electron chi connectivity index (χ3n) is 4.62. The molecule has 0 radical (unpaired) electrons. The molecule has 146 valence electrons. The average Bonchev–Trinajstić information content (AvgIpc) is 2.63. The van der Waals surface area contributed by atoms with Crippen LogP contribution in [-0.4, -0.2) is 74.2 Å². The van der Waals surface area contributed by atoms with Gasteiger partial charge in [0, 0.05) is 26.2 Å². The predicted octanol–water partition coefficient (Wildman–Crippen LogP) is 1.78. The Kier molecular flexibility index (Phi) is 8.06. The summed E-state index contributed by atoms with van der Waals surface area (Å²) in [4.78, 5) is 16.5. The quantitative estimate of drug-likeness (QED) is 0.654. The first-order valence-corrected chi connectivity index (χ1v) is 11.1. The van der Waals surface area contributed by atoms with E-state index in [-0.39, 0.29) is 11.7 Å². The van der Waals surface area contributed by atoms with Crippen LogP contribution >= 0.6 is 0 Å². The number of piperazine rings is 1. The molecule has 0 spiro atoms. The van der Waals surface area contributed by atoms with Gasteiger partial charge in [0.25, 0.3) is 0 Å². The molecule has 1 saturated heterocycles. The van der Waals surface area contributed by atoms with E-state index in [1.165, 1.54) is 4.31 Å². The molecule has 1 amide bonds. The van der Waals surface area contributed by atoms with Gasteiger partial charge in [-0.2, -0.15) is 4.31 Å². The van der Waals surface area contributed by atoms with Crippen molar-refractivity contribution in [3.8, 4) is 0 Å². The SMILES string of the molecule is CCCN(CCC)CC(=O)N1CCN(S(=O)(=O)Cc2ccccc2)CC1. The number of nitrogens with zero attached hydrogens (tertiary/aromatic N) is 3. The summed E-state index contributed by atoms with van der Waals surface area (Å²) in [6.45, 7) is 8.20. The van der Waals surface area contributed by atoms with Gasteiger partial charge in [0.1, 0.15) is 0 Å². The molecule has 0 aromatic heterocycles. The molecule has 6 nitrogen and oxygen atoms in total. The molecule has 1 aliphatic rings. The number of hydrogen-bond donors (Lipinski definition) is 0. The molecular formula is C19H31N3O3S. The lowest BCUT2D eigenvalue weighted by Gasteiger charge is -2.35. The van der Waals surface area contributed by atoms with Gasteiger partial charge in [-0.3, -0.25) is 9.69 Å². The van der Waals surface area contributed by atoms with E-state index < -0.39 is 10.0 Å². The van der Waals surface area contributed by atoms with Gasteiger partial charge >= 0.3 is 0 Å². The van der Waals surface area contributed by atoms with Crippen LogP contribution in [0.5, 0.6) is 0 Å². The van der Waals surface area contributed by atoms with E-state index in [1.807, 2.05) is 30.3 Å². The number of sulfonamides is 1. The fourth-order valence-electron chi connectivity index (χ4n) is 3.29. The molecule has 0 unspecified atom stereocenters. The Balaban J connectivity index is 1.86. The van der Waals surface area contributed by atoms with Crippen LogP contribution in [0.3, 0.4) is 0 Å². The van der Waals surface area contributed by atoms with Crippen molar-refractivity contribution < 1.29 is 13.2 Å². The van der Waals surface area contributed by atoms with Gasteiger partial charge in [0.05, 0.1) is 12.3 Å². The highest BCUT2D eigenvalue weighted by Crippen LogP contribution is 2.14. The van der Waals surface area contributed by atoms with Crippen LogP contribution in [0, 0.1) is 0 Å². The van der Waals surface area contributed by atoms with Crippen molar-refractivity contribution in [3.05, 3.63) is 35.9 Å². The fraction of sp³-hybridized carbons (Fsp3) is 0.632. The van der Waals surface area contributed by atoms with Crippen LogP contribution in [-0.2, 0) is 20.6 Å². The van der Waals surface area contributed by atoms with Crippen LogP contribution < -0.4 is 0 Å². The second kappa shape index (κ2) is 10.0. The largest absolute Gasteiger partial charge is 0.339 e. The third-order valence-corrected chi connectivity index (χ3v) is 6.47. The summed E-state index contributed by atoms with van der Waals surface area (Å²) in [6.07, 6.45) is 2.05. The first-order chi connectivity index (χ1) is 12.5. The molecule has 0 saturated carbocycles. The molecule has 7 heteroatoms. The molecule has 1 heterocycles. The summed E-state index contributed by atoms with van der Waals surface area (Å²) >= 11 is 0. The maximum Gasteiger partial charge on any atom is 0.236 e. The molecule has 2 rings (SSSR count). The van der Waals surface area contributed by atoms with Gasteiger partial charge < -0.3 is 4.90 Å². The summed E-state index contributed by atoms with van der Waals surface area (Å²) in [7, 11) is -3.34. The lowest BCUT2D eigenvalue weighted by Crippen LogP contribution is -2.52. The summed E-state index contributed by atoms with van der Waals surface area (Å²) in [5.41, 5.74) is 0.792. The smallest absolute Gasteiger partial charge is 0.236 e. The van der Waals surface area contributed by atoms with Crippen LogP contribution in [0.1, 0.15) is 32.3 Å².